The van der Waals surface area contributed by atoms with Crippen LogP contribution in [0.15, 0.2) is 12.3 Å². The number of aromatic nitrogens is 1. The standard InChI is InChI=1S/C14H19ClN2O2/c1-3-14(4-2)5-6-17(9-14)12-11(15)7-10(8-16-12)13(18)19/h7-8H,3-6,9H2,1-2H3,(H,18,19). The van der Waals surface area contributed by atoms with Gasteiger partial charge in [-0.05, 0) is 30.7 Å². The number of aromatic carboxylic acids is 1. The van der Waals surface area contributed by atoms with Gasteiger partial charge in [-0.3, -0.25) is 0 Å². The Hall–Kier alpha value is -1.29. The fraction of sp³-hybridized carbons (Fsp3) is 0.571. The minimum atomic E-state index is -1.00. The third kappa shape index (κ3) is 2.68. The second kappa shape index (κ2) is 5.37. The molecule has 1 fully saturated rings. The Morgan fingerprint density at radius 2 is 2.21 bits per heavy atom. The fourth-order valence-electron chi connectivity index (χ4n) is 2.72. The zero-order chi connectivity index (χ0) is 14.0. The van der Waals surface area contributed by atoms with Gasteiger partial charge in [-0.25, -0.2) is 9.78 Å². The number of hydrogen-bond acceptors (Lipinski definition) is 3. The Labute approximate surface area is 118 Å². The molecule has 1 saturated heterocycles. The van der Waals surface area contributed by atoms with Gasteiger partial charge in [0.1, 0.15) is 5.82 Å². The molecule has 1 aliphatic heterocycles. The van der Waals surface area contributed by atoms with Crippen LogP contribution >= 0.6 is 11.6 Å². The molecule has 2 heterocycles. The molecule has 0 spiro atoms. The third-order valence-electron chi connectivity index (χ3n) is 4.31. The molecular weight excluding hydrogens is 264 g/mol. The molecule has 5 heteroatoms. The molecule has 2 rings (SSSR count). The third-order valence-corrected chi connectivity index (χ3v) is 4.58. The molecule has 0 aliphatic carbocycles. The molecule has 19 heavy (non-hydrogen) atoms. The van der Waals surface area contributed by atoms with Gasteiger partial charge < -0.3 is 10.0 Å². The van der Waals surface area contributed by atoms with E-state index in [-0.39, 0.29) is 5.56 Å². The second-order valence-corrected chi connectivity index (χ2v) is 5.62. The number of rotatable bonds is 4. The van der Waals surface area contributed by atoms with E-state index in [1.54, 1.807) is 0 Å². The molecule has 0 atom stereocenters. The lowest BCUT2D eigenvalue weighted by atomic mass is 9.82. The van der Waals surface area contributed by atoms with Gasteiger partial charge in [0.15, 0.2) is 0 Å². The van der Waals surface area contributed by atoms with Crippen molar-refractivity contribution in [1.29, 1.82) is 0 Å². The highest BCUT2D eigenvalue weighted by Gasteiger charge is 2.36. The van der Waals surface area contributed by atoms with Crippen molar-refractivity contribution in [2.75, 3.05) is 18.0 Å². The Morgan fingerprint density at radius 3 is 2.68 bits per heavy atom. The molecule has 0 radical (unpaired) electrons. The van der Waals surface area contributed by atoms with E-state index in [9.17, 15) is 4.79 Å². The van der Waals surface area contributed by atoms with Crippen LogP contribution in [-0.4, -0.2) is 29.1 Å². The van der Waals surface area contributed by atoms with Crippen LogP contribution in [0.25, 0.3) is 0 Å². The van der Waals surface area contributed by atoms with Crippen LogP contribution in [0.5, 0.6) is 0 Å². The van der Waals surface area contributed by atoms with Crippen LogP contribution in [0.3, 0.4) is 0 Å². The number of carboxylic acid groups (broad SMARTS) is 1. The number of hydrogen-bond donors (Lipinski definition) is 1. The molecule has 1 aromatic heterocycles. The van der Waals surface area contributed by atoms with Gasteiger partial charge in [-0.2, -0.15) is 0 Å². The molecule has 1 N–H and O–H groups in total. The van der Waals surface area contributed by atoms with Gasteiger partial charge in [-0.1, -0.05) is 25.4 Å². The van der Waals surface area contributed by atoms with E-state index in [0.29, 0.717) is 16.3 Å². The van der Waals surface area contributed by atoms with E-state index in [4.69, 9.17) is 16.7 Å². The number of anilines is 1. The average molecular weight is 283 g/mol. The van der Waals surface area contributed by atoms with Gasteiger partial charge in [0, 0.05) is 19.3 Å². The maximum atomic E-state index is 10.9. The van der Waals surface area contributed by atoms with E-state index < -0.39 is 5.97 Å². The van der Waals surface area contributed by atoms with Crippen LogP contribution in [0.2, 0.25) is 5.02 Å². The summed E-state index contributed by atoms with van der Waals surface area (Å²) in [6.07, 6.45) is 4.80. The highest BCUT2D eigenvalue weighted by molar-refractivity contribution is 6.33. The summed E-state index contributed by atoms with van der Waals surface area (Å²) >= 11 is 6.17. The van der Waals surface area contributed by atoms with E-state index in [2.05, 4.69) is 23.7 Å². The fourth-order valence-corrected chi connectivity index (χ4v) is 3.01. The Kier molecular flexibility index (Phi) is 3.99. The van der Waals surface area contributed by atoms with Crippen molar-refractivity contribution < 1.29 is 9.90 Å². The van der Waals surface area contributed by atoms with Crippen LogP contribution in [-0.2, 0) is 0 Å². The predicted molar refractivity (Wildman–Crippen MR) is 76.1 cm³/mol. The highest BCUT2D eigenvalue weighted by atomic mass is 35.5. The first-order valence-corrected chi connectivity index (χ1v) is 7.03. The van der Waals surface area contributed by atoms with E-state index >= 15 is 0 Å². The summed E-state index contributed by atoms with van der Waals surface area (Å²) in [6, 6.07) is 1.48. The van der Waals surface area contributed by atoms with Gasteiger partial charge in [-0.15, -0.1) is 0 Å². The van der Waals surface area contributed by atoms with Crippen molar-refractivity contribution in [2.24, 2.45) is 5.41 Å². The molecule has 104 valence electrons. The molecule has 4 nitrogen and oxygen atoms in total. The van der Waals surface area contributed by atoms with Crippen molar-refractivity contribution in [3.05, 3.63) is 22.8 Å². The summed E-state index contributed by atoms with van der Waals surface area (Å²) in [5, 5.41) is 9.33. The van der Waals surface area contributed by atoms with Crippen LogP contribution in [0.4, 0.5) is 5.82 Å². The Bertz CT molecular complexity index is 486. The van der Waals surface area contributed by atoms with E-state index in [1.807, 2.05) is 0 Å². The predicted octanol–water partition coefficient (Wildman–Crippen LogP) is 3.45. The van der Waals surface area contributed by atoms with E-state index in [0.717, 1.165) is 32.4 Å². The minimum absolute atomic E-state index is 0.130. The zero-order valence-corrected chi connectivity index (χ0v) is 12.1. The van der Waals surface area contributed by atoms with Crippen molar-refractivity contribution >= 4 is 23.4 Å². The summed E-state index contributed by atoms with van der Waals surface area (Å²) in [7, 11) is 0. The van der Waals surface area contributed by atoms with Crippen LogP contribution < -0.4 is 4.90 Å². The molecule has 1 aliphatic rings. The van der Waals surface area contributed by atoms with Gasteiger partial charge >= 0.3 is 5.97 Å². The van der Waals surface area contributed by atoms with Crippen molar-refractivity contribution in [3.63, 3.8) is 0 Å². The number of carbonyl (C=O) groups is 1. The first-order chi connectivity index (χ1) is 9.01. The maximum Gasteiger partial charge on any atom is 0.337 e. The summed E-state index contributed by atoms with van der Waals surface area (Å²) in [5.41, 5.74) is 0.474. The number of carboxylic acids is 1. The SMILES string of the molecule is CCC1(CC)CCN(c2ncc(C(=O)O)cc2Cl)C1. The maximum absolute atomic E-state index is 10.9. The number of pyridine rings is 1. The summed E-state index contributed by atoms with van der Waals surface area (Å²) in [5.74, 6) is -0.297. The molecule has 0 unspecified atom stereocenters. The van der Waals surface area contributed by atoms with Crippen molar-refractivity contribution in [1.82, 2.24) is 4.98 Å². The first kappa shape index (κ1) is 14.1. The Morgan fingerprint density at radius 1 is 1.53 bits per heavy atom. The van der Waals surface area contributed by atoms with Gasteiger partial charge in [0.05, 0.1) is 10.6 Å². The molecule has 0 saturated carbocycles. The molecule has 0 amide bonds. The zero-order valence-electron chi connectivity index (χ0n) is 11.3. The number of nitrogens with zero attached hydrogens (tertiary/aromatic N) is 2. The summed E-state index contributed by atoms with van der Waals surface area (Å²) < 4.78 is 0. The van der Waals surface area contributed by atoms with Gasteiger partial charge in [0.2, 0.25) is 0 Å². The van der Waals surface area contributed by atoms with Gasteiger partial charge in [0.25, 0.3) is 0 Å². The average Bonchev–Trinajstić information content (AvgIpc) is 2.83. The normalized spacial score (nSPS) is 17.7. The van der Waals surface area contributed by atoms with Crippen molar-refractivity contribution in [3.8, 4) is 0 Å². The lowest BCUT2D eigenvalue weighted by Crippen LogP contribution is -2.27. The minimum Gasteiger partial charge on any atom is -0.478 e. The molecular formula is C14H19ClN2O2. The molecule has 0 aromatic carbocycles. The topological polar surface area (TPSA) is 53.4 Å². The quantitative estimate of drug-likeness (QED) is 0.919. The monoisotopic (exact) mass is 282 g/mol. The summed E-state index contributed by atoms with van der Waals surface area (Å²) in [4.78, 5) is 17.3. The second-order valence-electron chi connectivity index (χ2n) is 5.21. The number of halogens is 1. The van der Waals surface area contributed by atoms with Crippen LogP contribution in [0.1, 0.15) is 43.5 Å². The lowest BCUT2D eigenvalue weighted by molar-refractivity contribution is 0.0696. The molecule has 1 aromatic rings. The largest absolute Gasteiger partial charge is 0.478 e. The molecule has 0 bridgehead atoms. The highest BCUT2D eigenvalue weighted by Crippen LogP contribution is 2.40. The van der Waals surface area contributed by atoms with Crippen LogP contribution in [0, 0.1) is 5.41 Å². The van der Waals surface area contributed by atoms with E-state index in [1.165, 1.54) is 12.3 Å². The van der Waals surface area contributed by atoms with Crippen molar-refractivity contribution in [2.45, 2.75) is 33.1 Å². The lowest BCUT2D eigenvalue weighted by Gasteiger charge is -2.27. The summed E-state index contributed by atoms with van der Waals surface area (Å²) in [6.45, 7) is 6.31. The first-order valence-electron chi connectivity index (χ1n) is 6.65. The smallest absolute Gasteiger partial charge is 0.337 e. The Balaban J connectivity index is 2.22.